The van der Waals surface area contributed by atoms with E-state index in [9.17, 15) is 5.11 Å². The summed E-state index contributed by atoms with van der Waals surface area (Å²) < 4.78 is 0. The maximum absolute atomic E-state index is 9.48. The Balaban J connectivity index is 1.86. The molecule has 138 valence electrons. The van der Waals surface area contributed by atoms with Gasteiger partial charge >= 0.3 is 0 Å². The van der Waals surface area contributed by atoms with Gasteiger partial charge in [0.05, 0.1) is 12.7 Å². The van der Waals surface area contributed by atoms with Crippen LogP contribution in [0, 0.1) is 0 Å². The van der Waals surface area contributed by atoms with E-state index < -0.39 is 6.10 Å². The molecule has 1 fully saturated rings. The zero-order chi connectivity index (χ0) is 16.8. The first kappa shape index (κ1) is 20.9. The number of aliphatic hydroxyl groups is 2. The van der Waals surface area contributed by atoms with E-state index >= 15 is 0 Å². The minimum Gasteiger partial charge on any atom is -0.394 e. The second-order valence-electron chi connectivity index (χ2n) is 7.16. The van der Waals surface area contributed by atoms with Crippen molar-refractivity contribution in [2.24, 2.45) is 0 Å². The molecule has 0 aromatic rings. The van der Waals surface area contributed by atoms with E-state index in [1.807, 2.05) is 0 Å². The molecule has 0 aromatic carbocycles. The van der Waals surface area contributed by atoms with Crippen LogP contribution in [0.4, 0.5) is 0 Å². The Hall–Kier alpha value is -0.160. The van der Waals surface area contributed by atoms with E-state index in [1.165, 1.54) is 70.8 Å². The SMILES string of the molecule is CCCCCCCCCCCCN1CCN(CC(O)CO)CC1. The number of unbranched alkanes of at least 4 members (excludes halogenated alkanes) is 9. The van der Waals surface area contributed by atoms with E-state index in [0.29, 0.717) is 6.54 Å². The van der Waals surface area contributed by atoms with Crippen LogP contribution in [0.2, 0.25) is 0 Å². The normalized spacial score (nSPS) is 18.4. The first-order chi connectivity index (χ1) is 11.3. The summed E-state index contributed by atoms with van der Waals surface area (Å²) in [6.07, 6.45) is 13.4. The van der Waals surface area contributed by atoms with Crippen LogP contribution in [0.15, 0.2) is 0 Å². The lowest BCUT2D eigenvalue weighted by molar-refractivity contribution is 0.0393. The topological polar surface area (TPSA) is 46.9 Å². The van der Waals surface area contributed by atoms with Gasteiger partial charge in [0.1, 0.15) is 0 Å². The average molecular weight is 329 g/mol. The predicted molar refractivity (Wildman–Crippen MR) is 97.8 cm³/mol. The fourth-order valence-electron chi connectivity index (χ4n) is 3.37. The molecule has 0 amide bonds. The van der Waals surface area contributed by atoms with Crippen LogP contribution in [0.1, 0.15) is 71.1 Å². The maximum Gasteiger partial charge on any atom is 0.0897 e. The molecule has 23 heavy (non-hydrogen) atoms. The van der Waals surface area contributed by atoms with E-state index in [2.05, 4.69) is 16.7 Å². The van der Waals surface area contributed by atoms with E-state index in [1.54, 1.807) is 0 Å². The van der Waals surface area contributed by atoms with Crippen LogP contribution in [-0.4, -0.2) is 72.0 Å². The Morgan fingerprint density at radius 1 is 0.739 bits per heavy atom. The highest BCUT2D eigenvalue weighted by Gasteiger charge is 2.18. The van der Waals surface area contributed by atoms with Gasteiger partial charge in [0.15, 0.2) is 0 Å². The van der Waals surface area contributed by atoms with E-state index in [-0.39, 0.29) is 6.61 Å². The van der Waals surface area contributed by atoms with Crippen LogP contribution >= 0.6 is 0 Å². The Morgan fingerprint density at radius 2 is 1.22 bits per heavy atom. The summed E-state index contributed by atoms with van der Waals surface area (Å²) in [5.74, 6) is 0. The summed E-state index contributed by atoms with van der Waals surface area (Å²) in [5, 5.41) is 18.4. The first-order valence-electron chi connectivity index (χ1n) is 10.00. The number of β-amino-alcohol motifs (C(OH)–C–C–N with tert-alkyl or cyclic N) is 1. The third kappa shape index (κ3) is 11.1. The summed E-state index contributed by atoms with van der Waals surface area (Å²) in [4.78, 5) is 4.81. The van der Waals surface area contributed by atoms with Crippen LogP contribution < -0.4 is 0 Å². The molecule has 1 saturated heterocycles. The van der Waals surface area contributed by atoms with Crippen molar-refractivity contribution in [3.8, 4) is 0 Å². The average Bonchev–Trinajstić information content (AvgIpc) is 2.58. The minimum atomic E-state index is -0.580. The van der Waals surface area contributed by atoms with Gasteiger partial charge in [-0.3, -0.25) is 4.90 Å². The van der Waals surface area contributed by atoms with Gasteiger partial charge in [0, 0.05) is 32.7 Å². The van der Waals surface area contributed by atoms with E-state index in [0.717, 1.165) is 26.2 Å². The Kier molecular flexibility index (Phi) is 12.9. The second-order valence-corrected chi connectivity index (χ2v) is 7.16. The highest BCUT2D eigenvalue weighted by atomic mass is 16.3. The van der Waals surface area contributed by atoms with Crippen LogP contribution in [0.5, 0.6) is 0 Å². The number of piperazine rings is 1. The highest BCUT2D eigenvalue weighted by Crippen LogP contribution is 2.11. The van der Waals surface area contributed by atoms with Crippen molar-refractivity contribution in [3.63, 3.8) is 0 Å². The zero-order valence-electron chi connectivity index (χ0n) is 15.4. The van der Waals surface area contributed by atoms with Crippen molar-refractivity contribution in [1.82, 2.24) is 9.80 Å². The van der Waals surface area contributed by atoms with Crippen LogP contribution in [0.3, 0.4) is 0 Å². The molecule has 0 spiro atoms. The second kappa shape index (κ2) is 14.2. The standard InChI is InChI=1S/C19H40N2O2/c1-2-3-4-5-6-7-8-9-10-11-12-20-13-15-21(16-14-20)17-19(23)18-22/h19,22-23H,2-18H2,1H3. The number of rotatable bonds is 14. The lowest BCUT2D eigenvalue weighted by Gasteiger charge is -2.35. The summed E-state index contributed by atoms with van der Waals surface area (Å²) in [5.41, 5.74) is 0. The molecule has 0 radical (unpaired) electrons. The van der Waals surface area contributed by atoms with E-state index in [4.69, 9.17) is 5.11 Å². The molecule has 0 aliphatic carbocycles. The van der Waals surface area contributed by atoms with Crippen molar-refractivity contribution < 1.29 is 10.2 Å². The molecule has 4 heteroatoms. The van der Waals surface area contributed by atoms with Crippen molar-refractivity contribution >= 4 is 0 Å². The Bertz CT molecular complexity index is 256. The molecular weight excluding hydrogens is 288 g/mol. The van der Waals surface area contributed by atoms with Gasteiger partial charge in [-0.05, 0) is 13.0 Å². The lowest BCUT2D eigenvalue weighted by atomic mass is 10.1. The molecule has 1 rings (SSSR count). The smallest absolute Gasteiger partial charge is 0.0897 e. The third-order valence-corrected chi connectivity index (χ3v) is 4.97. The van der Waals surface area contributed by atoms with Gasteiger partial charge in [0.2, 0.25) is 0 Å². The van der Waals surface area contributed by atoms with Crippen molar-refractivity contribution in [2.75, 3.05) is 45.9 Å². The largest absolute Gasteiger partial charge is 0.394 e. The molecule has 4 nitrogen and oxygen atoms in total. The molecule has 1 unspecified atom stereocenters. The van der Waals surface area contributed by atoms with Gasteiger partial charge in [0.25, 0.3) is 0 Å². The monoisotopic (exact) mass is 328 g/mol. The number of hydrogen-bond acceptors (Lipinski definition) is 4. The minimum absolute atomic E-state index is 0.126. The molecule has 1 aliphatic rings. The Morgan fingerprint density at radius 3 is 1.74 bits per heavy atom. The summed E-state index contributed by atoms with van der Waals surface area (Å²) >= 11 is 0. The van der Waals surface area contributed by atoms with Gasteiger partial charge < -0.3 is 15.1 Å². The summed E-state index contributed by atoms with van der Waals surface area (Å²) in [6.45, 7) is 8.25. The fraction of sp³-hybridized carbons (Fsp3) is 1.00. The third-order valence-electron chi connectivity index (χ3n) is 4.97. The van der Waals surface area contributed by atoms with Gasteiger partial charge in [-0.2, -0.15) is 0 Å². The summed E-state index contributed by atoms with van der Waals surface area (Å²) in [6, 6.07) is 0. The molecule has 1 aliphatic heterocycles. The molecule has 0 saturated carbocycles. The lowest BCUT2D eigenvalue weighted by Crippen LogP contribution is -2.49. The van der Waals surface area contributed by atoms with Crippen LogP contribution in [-0.2, 0) is 0 Å². The number of nitrogens with zero attached hydrogens (tertiary/aromatic N) is 2. The Labute approximate surface area is 143 Å². The highest BCUT2D eigenvalue weighted by molar-refractivity contribution is 4.73. The molecule has 2 N–H and O–H groups in total. The fourth-order valence-corrected chi connectivity index (χ4v) is 3.37. The maximum atomic E-state index is 9.48. The van der Waals surface area contributed by atoms with Crippen molar-refractivity contribution in [2.45, 2.75) is 77.2 Å². The quantitative estimate of drug-likeness (QED) is 0.481. The molecule has 1 heterocycles. The zero-order valence-corrected chi connectivity index (χ0v) is 15.4. The number of hydrogen-bond donors (Lipinski definition) is 2. The van der Waals surface area contributed by atoms with Crippen molar-refractivity contribution in [3.05, 3.63) is 0 Å². The predicted octanol–water partition coefficient (Wildman–Crippen LogP) is 2.88. The molecular formula is C19H40N2O2. The van der Waals surface area contributed by atoms with Gasteiger partial charge in [-0.1, -0.05) is 64.7 Å². The van der Waals surface area contributed by atoms with Gasteiger partial charge in [-0.25, -0.2) is 0 Å². The molecule has 0 bridgehead atoms. The van der Waals surface area contributed by atoms with Crippen molar-refractivity contribution in [1.29, 1.82) is 0 Å². The first-order valence-corrected chi connectivity index (χ1v) is 10.00. The number of aliphatic hydroxyl groups excluding tert-OH is 2. The molecule has 0 aromatic heterocycles. The van der Waals surface area contributed by atoms with Gasteiger partial charge in [-0.15, -0.1) is 0 Å². The molecule has 1 atom stereocenters. The van der Waals surface area contributed by atoms with Crippen LogP contribution in [0.25, 0.3) is 0 Å². The summed E-state index contributed by atoms with van der Waals surface area (Å²) in [7, 11) is 0.